The van der Waals surface area contributed by atoms with Gasteiger partial charge in [0.25, 0.3) is 0 Å². The van der Waals surface area contributed by atoms with Crippen LogP contribution >= 0.6 is 0 Å². The minimum absolute atomic E-state index is 0.261. The third-order valence-corrected chi connectivity index (χ3v) is 3.00. The van der Waals surface area contributed by atoms with Crippen LogP contribution in [0.1, 0.15) is 11.6 Å². The molecule has 0 bridgehead atoms. The number of phenols is 2. The van der Waals surface area contributed by atoms with E-state index in [-0.39, 0.29) is 11.5 Å². The van der Waals surface area contributed by atoms with Crippen molar-refractivity contribution in [3.05, 3.63) is 48.0 Å². The van der Waals surface area contributed by atoms with Crippen LogP contribution in [0, 0.1) is 0 Å². The van der Waals surface area contributed by atoms with Crippen molar-refractivity contribution in [3.63, 3.8) is 0 Å². The predicted molar refractivity (Wildman–Crippen MR) is 78.3 cm³/mol. The van der Waals surface area contributed by atoms with E-state index in [4.69, 9.17) is 10.5 Å². The molecule has 110 valence electrons. The fraction of sp³-hybridized carbons (Fsp3) is 0.133. The van der Waals surface area contributed by atoms with Crippen LogP contribution in [0.3, 0.4) is 0 Å². The number of hydrogen-bond donors (Lipinski definition) is 4. The zero-order valence-electron chi connectivity index (χ0n) is 11.4. The molecule has 0 radical (unpaired) electrons. The summed E-state index contributed by atoms with van der Waals surface area (Å²) in [6.07, 6.45) is 0. The highest BCUT2D eigenvalue weighted by molar-refractivity contribution is 5.84. The number of carbonyl (C=O) groups excluding carboxylic acids is 1. The van der Waals surface area contributed by atoms with Gasteiger partial charge in [-0.25, -0.2) is 0 Å². The molecule has 0 aliphatic heterocycles. The monoisotopic (exact) mass is 288 g/mol. The van der Waals surface area contributed by atoms with Crippen molar-refractivity contribution in [2.45, 2.75) is 6.04 Å². The second kappa shape index (κ2) is 6.04. The molecule has 0 saturated heterocycles. The molecule has 2 rings (SSSR count). The summed E-state index contributed by atoms with van der Waals surface area (Å²) in [7, 11) is 1.54. The Morgan fingerprint density at radius 3 is 2.57 bits per heavy atom. The molecule has 0 aliphatic carbocycles. The first kappa shape index (κ1) is 14.5. The first-order valence-corrected chi connectivity index (χ1v) is 6.23. The maximum Gasteiger partial charge on any atom is 0.244 e. The van der Waals surface area contributed by atoms with Crippen molar-refractivity contribution < 1.29 is 19.7 Å². The number of primary amides is 1. The van der Waals surface area contributed by atoms with Gasteiger partial charge in [-0.2, -0.15) is 0 Å². The molecule has 6 heteroatoms. The number of benzene rings is 2. The van der Waals surface area contributed by atoms with E-state index < -0.39 is 11.9 Å². The van der Waals surface area contributed by atoms with E-state index in [1.54, 1.807) is 31.4 Å². The van der Waals surface area contributed by atoms with Crippen molar-refractivity contribution in [1.82, 2.24) is 0 Å². The van der Waals surface area contributed by atoms with Crippen LogP contribution < -0.4 is 15.8 Å². The molecular weight excluding hydrogens is 272 g/mol. The van der Waals surface area contributed by atoms with Crippen LogP contribution in [0.15, 0.2) is 42.5 Å². The summed E-state index contributed by atoms with van der Waals surface area (Å²) >= 11 is 0. The van der Waals surface area contributed by atoms with Gasteiger partial charge in [0.2, 0.25) is 5.91 Å². The van der Waals surface area contributed by atoms with E-state index in [2.05, 4.69) is 5.32 Å². The normalized spacial score (nSPS) is 11.7. The molecule has 21 heavy (non-hydrogen) atoms. The van der Waals surface area contributed by atoms with Gasteiger partial charge in [-0.15, -0.1) is 0 Å². The molecule has 6 nitrogen and oxygen atoms in total. The van der Waals surface area contributed by atoms with Crippen LogP contribution in [0.2, 0.25) is 0 Å². The van der Waals surface area contributed by atoms with Crippen LogP contribution in [0.4, 0.5) is 5.69 Å². The van der Waals surface area contributed by atoms with Gasteiger partial charge >= 0.3 is 0 Å². The number of nitrogens with two attached hydrogens (primary N) is 1. The maximum absolute atomic E-state index is 11.6. The zero-order valence-corrected chi connectivity index (χ0v) is 11.4. The van der Waals surface area contributed by atoms with Gasteiger partial charge in [-0.3, -0.25) is 4.79 Å². The van der Waals surface area contributed by atoms with Gasteiger partial charge < -0.3 is 26.0 Å². The number of hydrogen-bond acceptors (Lipinski definition) is 5. The van der Waals surface area contributed by atoms with Gasteiger partial charge in [-0.05, 0) is 29.8 Å². The molecule has 0 fully saturated rings. The number of carbonyl (C=O) groups is 1. The average Bonchev–Trinajstić information content (AvgIpc) is 2.47. The van der Waals surface area contributed by atoms with Gasteiger partial charge in [-0.1, -0.05) is 12.1 Å². The summed E-state index contributed by atoms with van der Waals surface area (Å²) in [6, 6.07) is 10.3. The van der Waals surface area contributed by atoms with Gasteiger partial charge in [0.15, 0.2) is 11.5 Å². The maximum atomic E-state index is 11.6. The van der Waals surface area contributed by atoms with Crippen molar-refractivity contribution in [1.29, 1.82) is 0 Å². The minimum Gasteiger partial charge on any atom is -0.504 e. The Morgan fingerprint density at radius 1 is 1.19 bits per heavy atom. The Labute approximate surface area is 121 Å². The fourth-order valence-corrected chi connectivity index (χ4v) is 1.92. The molecule has 1 amide bonds. The number of amides is 1. The van der Waals surface area contributed by atoms with E-state index in [1.807, 2.05) is 0 Å². The Morgan fingerprint density at radius 2 is 1.95 bits per heavy atom. The predicted octanol–water partition coefficient (Wildman–Crippen LogP) is 1.74. The summed E-state index contributed by atoms with van der Waals surface area (Å²) < 4.78 is 5.11. The number of aromatic hydroxyl groups is 2. The van der Waals surface area contributed by atoms with Crippen LogP contribution in [-0.2, 0) is 4.79 Å². The summed E-state index contributed by atoms with van der Waals surface area (Å²) in [5.41, 5.74) is 6.49. The van der Waals surface area contributed by atoms with Crippen molar-refractivity contribution >= 4 is 11.6 Å². The molecule has 0 aliphatic rings. The Kier molecular flexibility index (Phi) is 4.18. The highest BCUT2D eigenvalue weighted by Gasteiger charge is 2.19. The van der Waals surface area contributed by atoms with Crippen LogP contribution in [0.5, 0.6) is 17.2 Å². The van der Waals surface area contributed by atoms with Crippen molar-refractivity contribution in [2.24, 2.45) is 5.73 Å². The number of phenolic OH excluding ortho intramolecular Hbond substituents is 2. The number of methoxy groups -OCH3 is 1. The Bertz CT molecular complexity index is 658. The van der Waals surface area contributed by atoms with Crippen molar-refractivity contribution in [3.8, 4) is 17.2 Å². The lowest BCUT2D eigenvalue weighted by molar-refractivity contribution is -0.118. The number of nitrogens with one attached hydrogen (secondary N) is 1. The van der Waals surface area contributed by atoms with E-state index in [0.29, 0.717) is 17.0 Å². The molecule has 0 aromatic heterocycles. The largest absolute Gasteiger partial charge is 0.504 e. The highest BCUT2D eigenvalue weighted by atomic mass is 16.5. The molecular formula is C15H16N2O4. The minimum atomic E-state index is -0.844. The highest BCUT2D eigenvalue weighted by Crippen LogP contribution is 2.29. The zero-order chi connectivity index (χ0) is 15.4. The molecule has 2 aromatic rings. The fourth-order valence-electron chi connectivity index (χ4n) is 1.92. The second-order valence-electron chi connectivity index (χ2n) is 4.46. The second-order valence-corrected chi connectivity index (χ2v) is 4.46. The van der Waals surface area contributed by atoms with E-state index >= 15 is 0 Å². The summed E-state index contributed by atoms with van der Waals surface area (Å²) in [6.45, 7) is 0. The lowest BCUT2D eigenvalue weighted by Gasteiger charge is -2.18. The van der Waals surface area contributed by atoms with Gasteiger partial charge in [0.1, 0.15) is 11.8 Å². The number of anilines is 1. The van der Waals surface area contributed by atoms with Gasteiger partial charge in [0.05, 0.1) is 7.11 Å². The first-order valence-electron chi connectivity index (χ1n) is 6.23. The molecule has 1 unspecified atom stereocenters. The van der Waals surface area contributed by atoms with E-state index in [0.717, 1.165) is 0 Å². The Hall–Kier alpha value is -2.89. The van der Waals surface area contributed by atoms with Gasteiger partial charge in [0, 0.05) is 11.8 Å². The summed E-state index contributed by atoms with van der Waals surface area (Å²) in [5.74, 6) is -0.547. The first-order chi connectivity index (χ1) is 10.0. The Balaban J connectivity index is 2.30. The molecule has 5 N–H and O–H groups in total. The van der Waals surface area contributed by atoms with E-state index in [1.165, 1.54) is 18.2 Å². The smallest absolute Gasteiger partial charge is 0.244 e. The standard InChI is InChI=1S/C15H16N2O4/c1-21-11-4-2-3-10(8-11)17-14(15(16)20)9-5-6-12(18)13(19)7-9/h2-8,14,17-19H,1H3,(H2,16,20). The van der Waals surface area contributed by atoms with Crippen LogP contribution in [-0.4, -0.2) is 23.2 Å². The third-order valence-electron chi connectivity index (χ3n) is 3.00. The average molecular weight is 288 g/mol. The molecule has 0 heterocycles. The molecule has 0 saturated carbocycles. The SMILES string of the molecule is COc1cccc(NC(C(N)=O)c2ccc(O)c(O)c2)c1. The topological polar surface area (TPSA) is 105 Å². The summed E-state index contributed by atoms with van der Waals surface area (Å²) in [5, 5.41) is 21.8. The quantitative estimate of drug-likeness (QED) is 0.627. The lowest BCUT2D eigenvalue weighted by atomic mass is 10.1. The lowest BCUT2D eigenvalue weighted by Crippen LogP contribution is -2.27. The van der Waals surface area contributed by atoms with Crippen molar-refractivity contribution in [2.75, 3.05) is 12.4 Å². The molecule has 2 aromatic carbocycles. The number of rotatable bonds is 5. The molecule has 0 spiro atoms. The number of ether oxygens (including phenoxy) is 1. The van der Waals surface area contributed by atoms with Crippen LogP contribution in [0.25, 0.3) is 0 Å². The van der Waals surface area contributed by atoms with E-state index in [9.17, 15) is 15.0 Å². The third kappa shape index (κ3) is 3.36. The molecule has 1 atom stereocenters. The summed E-state index contributed by atoms with van der Waals surface area (Å²) in [4.78, 5) is 11.6.